The van der Waals surface area contributed by atoms with Crippen LogP contribution in [0.25, 0.3) is 0 Å². The van der Waals surface area contributed by atoms with Crippen LogP contribution in [0.3, 0.4) is 0 Å². The number of terminal acetylenes is 1. The first-order chi connectivity index (χ1) is 23.2. The number of ether oxygens (including phenoxy) is 3. The Balaban J connectivity index is 0. The van der Waals surface area contributed by atoms with Crippen molar-refractivity contribution in [3.63, 3.8) is 0 Å². The fourth-order valence-corrected chi connectivity index (χ4v) is 6.38. The number of Topliss-reactive ketones (excluding diaryl/α,β-unsaturated/α-hetero) is 2. The molecule has 0 aromatic rings. The van der Waals surface area contributed by atoms with Crippen molar-refractivity contribution in [1.29, 1.82) is 0 Å². The number of nitrogens with zero attached hydrogens (tertiary/aromatic N) is 1. The highest BCUT2D eigenvalue weighted by molar-refractivity contribution is 5.98. The average Bonchev–Trinajstić information content (AvgIpc) is 3.07. The summed E-state index contributed by atoms with van der Waals surface area (Å²) in [6.07, 6.45) is 8.47. The van der Waals surface area contributed by atoms with Crippen LogP contribution in [-0.2, 0) is 28.6 Å². The summed E-state index contributed by atoms with van der Waals surface area (Å²) in [5, 5.41) is 38.1. The van der Waals surface area contributed by atoms with E-state index in [0.29, 0.717) is 25.3 Å². The second-order valence-corrected chi connectivity index (χ2v) is 14.8. The zero-order chi connectivity index (χ0) is 39.4. The Morgan fingerprint density at radius 3 is 2.08 bits per heavy atom. The standard InChI is InChI=1S/C21H36O7.C11H19NO2.C6H14.CH4O/c1-8-16-21(6,26)18(24)14(4)17(23)12(2)11-20(5,27-7)10-9-15(22)13(3)19(25)28-16;1-4-5-6-12(3)10-7-9(2)14-11(13)8-10;1-4-5-6(2)3;1-2/h12-14,16,18,24,26H,8-11H2,1-7H3;1,9-11,13H,5-8H2,2-3H3;6H,4-5H2,1-3H3;2H,1H3/t12-,13?,14?,16-,18?,20+,21-;;;/m1.../s1. The Bertz CT molecular complexity index is 1000. The van der Waals surface area contributed by atoms with Gasteiger partial charge in [-0.3, -0.25) is 14.4 Å². The number of ketones is 2. The fourth-order valence-electron chi connectivity index (χ4n) is 6.38. The number of hydrogen-bond acceptors (Lipinski definition) is 11. The van der Waals surface area contributed by atoms with Crippen LogP contribution in [0.4, 0.5) is 0 Å². The summed E-state index contributed by atoms with van der Waals surface area (Å²) in [5.41, 5.74) is -2.56. The minimum Gasteiger partial charge on any atom is -0.459 e. The number of carbonyl (C=O) groups excluding carboxylic acids is 3. The normalized spacial score (nSPS) is 34.1. The number of aliphatic hydroxyl groups is 4. The lowest BCUT2D eigenvalue weighted by molar-refractivity contribution is -0.190. The molecule has 2 heterocycles. The molecule has 294 valence electrons. The molecule has 2 fully saturated rings. The van der Waals surface area contributed by atoms with Crippen molar-refractivity contribution < 1.29 is 49.0 Å². The van der Waals surface area contributed by atoms with Crippen molar-refractivity contribution in [1.82, 2.24) is 4.90 Å². The summed E-state index contributed by atoms with van der Waals surface area (Å²) < 4.78 is 16.2. The van der Waals surface area contributed by atoms with E-state index in [9.17, 15) is 29.7 Å². The molecule has 0 radical (unpaired) electrons. The van der Waals surface area contributed by atoms with E-state index in [1.807, 2.05) is 20.9 Å². The highest BCUT2D eigenvalue weighted by atomic mass is 16.6. The third-order valence-corrected chi connectivity index (χ3v) is 9.82. The first-order valence-electron chi connectivity index (χ1n) is 18.3. The van der Waals surface area contributed by atoms with Gasteiger partial charge in [0.15, 0.2) is 6.29 Å². The van der Waals surface area contributed by atoms with Crippen LogP contribution in [0.5, 0.6) is 0 Å². The second kappa shape index (κ2) is 25.1. The first-order valence-corrected chi connectivity index (χ1v) is 18.3. The Morgan fingerprint density at radius 2 is 1.64 bits per heavy atom. The third-order valence-electron chi connectivity index (χ3n) is 9.82. The molecule has 2 aliphatic rings. The maximum Gasteiger partial charge on any atom is 0.316 e. The number of esters is 1. The Labute approximate surface area is 303 Å². The average molecular weight is 716 g/mol. The smallest absolute Gasteiger partial charge is 0.316 e. The summed E-state index contributed by atoms with van der Waals surface area (Å²) in [4.78, 5) is 40.0. The molecular formula is C39H73NO10. The van der Waals surface area contributed by atoms with Gasteiger partial charge in [0.25, 0.3) is 0 Å². The molecule has 0 amide bonds. The van der Waals surface area contributed by atoms with Gasteiger partial charge in [0.2, 0.25) is 0 Å². The number of methoxy groups -OCH3 is 1. The van der Waals surface area contributed by atoms with Gasteiger partial charge in [0.1, 0.15) is 29.2 Å². The fraction of sp³-hybridized carbons (Fsp3) is 0.872. The van der Waals surface area contributed by atoms with E-state index in [4.69, 9.17) is 25.7 Å². The van der Waals surface area contributed by atoms with E-state index in [0.717, 1.165) is 32.4 Å². The molecule has 10 atom stereocenters. The van der Waals surface area contributed by atoms with Crippen LogP contribution in [0.2, 0.25) is 0 Å². The van der Waals surface area contributed by atoms with Gasteiger partial charge >= 0.3 is 5.97 Å². The van der Waals surface area contributed by atoms with Crippen LogP contribution in [0.15, 0.2) is 0 Å². The molecule has 2 saturated heterocycles. The van der Waals surface area contributed by atoms with Gasteiger partial charge in [-0.15, -0.1) is 12.3 Å². The molecule has 6 unspecified atom stereocenters. The third kappa shape index (κ3) is 17.5. The van der Waals surface area contributed by atoms with Crippen LogP contribution in [0.1, 0.15) is 127 Å². The van der Waals surface area contributed by atoms with Gasteiger partial charge in [-0.1, -0.05) is 54.4 Å². The van der Waals surface area contributed by atoms with E-state index in [-0.39, 0.29) is 30.5 Å². The van der Waals surface area contributed by atoms with Crippen molar-refractivity contribution in [2.75, 3.05) is 27.8 Å². The highest BCUT2D eigenvalue weighted by Gasteiger charge is 2.47. The van der Waals surface area contributed by atoms with Crippen molar-refractivity contribution in [3.8, 4) is 12.3 Å². The number of aliphatic hydroxyl groups excluding tert-OH is 3. The van der Waals surface area contributed by atoms with Crippen molar-refractivity contribution >= 4 is 17.5 Å². The van der Waals surface area contributed by atoms with E-state index in [2.05, 4.69) is 31.6 Å². The number of hydrogen-bond donors (Lipinski definition) is 4. The summed E-state index contributed by atoms with van der Waals surface area (Å²) in [6, 6.07) is 0.391. The van der Waals surface area contributed by atoms with Gasteiger partial charge in [-0.25, -0.2) is 0 Å². The van der Waals surface area contributed by atoms with Crippen molar-refractivity contribution in [2.24, 2.45) is 23.7 Å². The molecule has 0 saturated carbocycles. The summed E-state index contributed by atoms with van der Waals surface area (Å²) in [5.74, 6) is -0.00361. The number of cyclic esters (lactones) is 1. The minimum absolute atomic E-state index is 0.118. The van der Waals surface area contributed by atoms with E-state index < -0.39 is 53.4 Å². The lowest BCUT2D eigenvalue weighted by Crippen LogP contribution is -2.56. The van der Waals surface area contributed by atoms with Crippen molar-refractivity contribution in [2.45, 2.75) is 169 Å². The number of rotatable bonds is 7. The summed E-state index contributed by atoms with van der Waals surface area (Å²) in [7, 11) is 4.57. The molecule has 0 aromatic heterocycles. The molecule has 4 N–H and O–H groups in total. The predicted octanol–water partition coefficient (Wildman–Crippen LogP) is 4.93. The van der Waals surface area contributed by atoms with Crippen LogP contribution in [0, 0.1) is 36.0 Å². The van der Waals surface area contributed by atoms with Crippen molar-refractivity contribution in [3.05, 3.63) is 0 Å². The molecule has 50 heavy (non-hydrogen) atoms. The molecule has 0 bridgehead atoms. The molecule has 0 spiro atoms. The molecule has 11 nitrogen and oxygen atoms in total. The summed E-state index contributed by atoms with van der Waals surface area (Å²) >= 11 is 0. The van der Waals surface area contributed by atoms with Gasteiger partial charge < -0.3 is 39.5 Å². The second-order valence-electron chi connectivity index (χ2n) is 14.8. The molecule has 2 rings (SSSR count). The van der Waals surface area contributed by atoms with E-state index in [1.54, 1.807) is 20.8 Å². The van der Waals surface area contributed by atoms with Crippen LogP contribution < -0.4 is 0 Å². The Morgan fingerprint density at radius 1 is 1.06 bits per heavy atom. The van der Waals surface area contributed by atoms with Gasteiger partial charge in [0, 0.05) is 57.9 Å². The topological polar surface area (TPSA) is 163 Å². The monoisotopic (exact) mass is 716 g/mol. The highest BCUT2D eigenvalue weighted by Crippen LogP contribution is 2.33. The maximum absolute atomic E-state index is 12.9. The van der Waals surface area contributed by atoms with Crippen LogP contribution >= 0.6 is 0 Å². The molecular weight excluding hydrogens is 642 g/mol. The molecule has 0 aliphatic carbocycles. The Hall–Kier alpha value is -1.91. The zero-order valence-corrected chi connectivity index (χ0v) is 33.5. The van der Waals surface area contributed by atoms with E-state index in [1.165, 1.54) is 33.8 Å². The molecule has 2 aliphatic heterocycles. The van der Waals surface area contributed by atoms with Gasteiger partial charge in [-0.2, -0.15) is 0 Å². The Kier molecular flexibility index (Phi) is 25.2. The SMILES string of the molecule is C#CCCN(C)C1CC(C)OC(O)C1.CCCC(C)C.CC[C@H]1OC(=O)C(C)C(=O)CC[C@](C)(OC)C[C@@H](C)C(=O)C(C)C(O)[C@]1(C)O.CO. The molecule has 0 aromatic carbocycles. The van der Waals surface area contributed by atoms with E-state index >= 15 is 0 Å². The minimum atomic E-state index is -1.84. The lowest BCUT2D eigenvalue weighted by Gasteiger charge is -2.39. The van der Waals surface area contributed by atoms with Gasteiger partial charge in [0.05, 0.1) is 17.8 Å². The lowest BCUT2D eigenvalue weighted by atomic mass is 9.76. The van der Waals surface area contributed by atoms with Crippen LogP contribution in [-0.4, -0.2) is 113 Å². The zero-order valence-electron chi connectivity index (χ0n) is 33.5. The summed E-state index contributed by atoms with van der Waals surface area (Å²) in [6.45, 7) is 19.3. The maximum atomic E-state index is 12.9. The first kappa shape index (κ1) is 50.2. The quantitative estimate of drug-likeness (QED) is 0.161. The molecule has 11 heteroatoms. The largest absolute Gasteiger partial charge is 0.459 e. The predicted molar refractivity (Wildman–Crippen MR) is 197 cm³/mol. The number of carbonyl (C=O) groups is 3. The van der Waals surface area contributed by atoms with Gasteiger partial charge in [-0.05, 0) is 66.3 Å².